The van der Waals surface area contributed by atoms with E-state index in [2.05, 4.69) is 0 Å². The highest BCUT2D eigenvalue weighted by Gasteiger charge is 1.83. The van der Waals surface area contributed by atoms with Crippen LogP contribution >= 0.6 is 0 Å². The van der Waals surface area contributed by atoms with Crippen LogP contribution in [-0.4, -0.2) is 11.9 Å². The van der Waals surface area contributed by atoms with Gasteiger partial charge in [0.1, 0.15) is 0 Å². The molecule has 0 heterocycles. The van der Waals surface area contributed by atoms with Crippen LogP contribution in [0.25, 0.3) is 0 Å². The SMILES string of the molecule is C.N=C(N)NC(=N)N. The van der Waals surface area contributed by atoms with Gasteiger partial charge in [0.05, 0.1) is 0 Å². The zero-order chi connectivity index (χ0) is 5.86. The van der Waals surface area contributed by atoms with Gasteiger partial charge in [-0.15, -0.1) is 0 Å². The van der Waals surface area contributed by atoms with Gasteiger partial charge in [0, 0.05) is 0 Å². The van der Waals surface area contributed by atoms with Crippen molar-refractivity contribution in [2.75, 3.05) is 0 Å². The third-order valence-corrected chi connectivity index (χ3v) is 0.269. The smallest absolute Gasteiger partial charge is 0.192 e. The number of rotatable bonds is 0. The molecule has 0 radical (unpaired) electrons. The summed E-state index contributed by atoms with van der Waals surface area (Å²) in [6.45, 7) is 0. The summed E-state index contributed by atoms with van der Waals surface area (Å²) in [5.41, 5.74) is 9.49. The molecule has 0 spiro atoms. The second-order valence-corrected chi connectivity index (χ2v) is 0.952. The normalized spacial score (nSPS) is 6.50. The third-order valence-electron chi connectivity index (χ3n) is 0.269. The molecule has 0 amide bonds. The van der Waals surface area contributed by atoms with Crippen molar-refractivity contribution in [3.63, 3.8) is 0 Å². The van der Waals surface area contributed by atoms with E-state index in [1.165, 1.54) is 0 Å². The quantitative estimate of drug-likeness (QED) is 0.207. The Labute approximate surface area is 48.1 Å². The Morgan fingerprint density at radius 3 is 1.38 bits per heavy atom. The van der Waals surface area contributed by atoms with Crippen LogP contribution in [0.4, 0.5) is 0 Å². The Bertz CT molecular complexity index is 83.8. The van der Waals surface area contributed by atoms with Gasteiger partial charge in [0.15, 0.2) is 11.9 Å². The summed E-state index contributed by atoms with van der Waals surface area (Å²) in [5.74, 6) is -0.625. The molecule has 0 aromatic rings. The van der Waals surface area contributed by atoms with E-state index in [-0.39, 0.29) is 19.3 Å². The monoisotopic (exact) mass is 117 g/mol. The fraction of sp³-hybridized carbons (Fsp3) is 0.333. The zero-order valence-electron chi connectivity index (χ0n) is 3.65. The van der Waals surface area contributed by atoms with Crippen molar-refractivity contribution >= 4 is 11.9 Å². The summed E-state index contributed by atoms with van der Waals surface area (Å²) in [7, 11) is 0. The first-order valence-electron chi connectivity index (χ1n) is 1.58. The van der Waals surface area contributed by atoms with E-state index >= 15 is 0 Å². The highest BCUT2D eigenvalue weighted by molar-refractivity contribution is 5.93. The van der Waals surface area contributed by atoms with Gasteiger partial charge in [-0.3, -0.25) is 16.1 Å². The molecule has 0 saturated heterocycles. The Morgan fingerprint density at radius 2 is 1.38 bits per heavy atom. The van der Waals surface area contributed by atoms with Gasteiger partial charge in [-0.25, -0.2) is 0 Å². The molecule has 0 bridgehead atoms. The van der Waals surface area contributed by atoms with Crippen LogP contribution in [0.3, 0.4) is 0 Å². The van der Waals surface area contributed by atoms with Crippen LogP contribution < -0.4 is 16.8 Å². The minimum atomic E-state index is -0.312. The maximum atomic E-state index is 6.47. The van der Waals surface area contributed by atoms with Gasteiger partial charge in [0.2, 0.25) is 0 Å². The minimum Gasteiger partial charge on any atom is -0.370 e. The van der Waals surface area contributed by atoms with Crippen molar-refractivity contribution in [1.82, 2.24) is 5.32 Å². The number of nitrogens with one attached hydrogen (secondary N) is 3. The topological polar surface area (TPSA) is 112 Å². The van der Waals surface area contributed by atoms with Crippen molar-refractivity contribution in [2.45, 2.75) is 7.43 Å². The molecule has 8 heavy (non-hydrogen) atoms. The fourth-order valence-electron chi connectivity index (χ4n) is 0.145. The molecule has 0 unspecified atom stereocenters. The maximum Gasteiger partial charge on any atom is 0.192 e. The summed E-state index contributed by atoms with van der Waals surface area (Å²) in [4.78, 5) is 0. The third kappa shape index (κ3) is 8.83. The van der Waals surface area contributed by atoms with Crippen molar-refractivity contribution in [3.05, 3.63) is 0 Å². The average Bonchev–Trinajstić information content (AvgIpc) is 1.27. The largest absolute Gasteiger partial charge is 0.370 e. The maximum absolute atomic E-state index is 6.47. The second kappa shape index (κ2) is 3.91. The second-order valence-electron chi connectivity index (χ2n) is 0.952. The minimum absolute atomic E-state index is 0. The van der Waals surface area contributed by atoms with Crippen LogP contribution in [-0.2, 0) is 0 Å². The lowest BCUT2D eigenvalue weighted by atomic mass is 10.9. The summed E-state index contributed by atoms with van der Waals surface area (Å²) >= 11 is 0. The Balaban J connectivity index is 0. The Morgan fingerprint density at radius 1 is 1.12 bits per heavy atom. The molecule has 48 valence electrons. The van der Waals surface area contributed by atoms with E-state index < -0.39 is 0 Å². The molecule has 0 atom stereocenters. The highest BCUT2D eigenvalue weighted by Crippen LogP contribution is 1.44. The van der Waals surface area contributed by atoms with Crippen LogP contribution in [0.15, 0.2) is 0 Å². The predicted octanol–water partition coefficient (Wildman–Crippen LogP) is -1.00. The molecule has 0 aliphatic carbocycles. The molecule has 0 aliphatic rings. The first-order chi connectivity index (χ1) is 3.13. The molecular formula is C3H11N5. The summed E-state index contributed by atoms with van der Waals surface area (Å²) in [6.07, 6.45) is 0. The van der Waals surface area contributed by atoms with Gasteiger partial charge in [-0.05, 0) is 0 Å². The number of nitrogens with two attached hydrogens (primary N) is 2. The van der Waals surface area contributed by atoms with Gasteiger partial charge in [0.25, 0.3) is 0 Å². The molecule has 0 rings (SSSR count). The lowest BCUT2D eigenvalue weighted by Gasteiger charge is -1.95. The van der Waals surface area contributed by atoms with Crippen LogP contribution in [0.2, 0.25) is 0 Å². The van der Waals surface area contributed by atoms with E-state index in [4.69, 9.17) is 22.3 Å². The predicted molar refractivity (Wildman–Crippen MR) is 33.7 cm³/mol. The molecule has 0 aliphatic heterocycles. The molecule has 0 aromatic heterocycles. The summed E-state index contributed by atoms with van der Waals surface area (Å²) < 4.78 is 0. The highest BCUT2D eigenvalue weighted by atomic mass is 15.1. The number of hydrogen-bond donors (Lipinski definition) is 5. The molecule has 5 nitrogen and oxygen atoms in total. The van der Waals surface area contributed by atoms with Crippen molar-refractivity contribution < 1.29 is 0 Å². The van der Waals surface area contributed by atoms with E-state index in [0.717, 1.165) is 0 Å². The summed E-state index contributed by atoms with van der Waals surface area (Å²) in [6, 6.07) is 0. The van der Waals surface area contributed by atoms with E-state index in [9.17, 15) is 0 Å². The summed E-state index contributed by atoms with van der Waals surface area (Å²) in [5, 5.41) is 15.0. The molecule has 5 heteroatoms. The zero-order valence-corrected chi connectivity index (χ0v) is 3.65. The van der Waals surface area contributed by atoms with Crippen molar-refractivity contribution in [3.8, 4) is 0 Å². The molecule has 0 aromatic carbocycles. The molecule has 0 saturated carbocycles. The van der Waals surface area contributed by atoms with E-state index in [1.54, 1.807) is 0 Å². The fourth-order valence-corrected chi connectivity index (χ4v) is 0.145. The standard InChI is InChI=1S/C2H7N5.CH4/c3-1(4)7-2(5)6;/h(H7,3,4,5,6,7);1H4. The van der Waals surface area contributed by atoms with E-state index in [0.29, 0.717) is 0 Å². The van der Waals surface area contributed by atoms with Crippen LogP contribution in [0, 0.1) is 10.8 Å². The average molecular weight is 117 g/mol. The van der Waals surface area contributed by atoms with Crippen molar-refractivity contribution in [2.24, 2.45) is 11.5 Å². The molecule has 7 N–H and O–H groups in total. The first kappa shape index (κ1) is 9.88. The Hall–Kier alpha value is -1.26. The Kier molecular flexibility index (Phi) is 4.84. The lowest BCUT2D eigenvalue weighted by Crippen LogP contribution is -2.39. The van der Waals surface area contributed by atoms with Crippen LogP contribution in [0.1, 0.15) is 7.43 Å². The van der Waals surface area contributed by atoms with Crippen molar-refractivity contribution in [1.29, 1.82) is 10.8 Å². The molecular weight excluding hydrogens is 106 g/mol. The lowest BCUT2D eigenvalue weighted by molar-refractivity contribution is 1.19. The van der Waals surface area contributed by atoms with Gasteiger partial charge in [-0.2, -0.15) is 0 Å². The van der Waals surface area contributed by atoms with Gasteiger partial charge < -0.3 is 11.5 Å². The van der Waals surface area contributed by atoms with Gasteiger partial charge >= 0.3 is 0 Å². The number of guanidine groups is 2. The molecule has 0 fully saturated rings. The van der Waals surface area contributed by atoms with Crippen LogP contribution in [0.5, 0.6) is 0 Å². The van der Waals surface area contributed by atoms with E-state index in [1.807, 2.05) is 5.32 Å². The first-order valence-corrected chi connectivity index (χ1v) is 1.58. The van der Waals surface area contributed by atoms with Gasteiger partial charge in [-0.1, -0.05) is 7.43 Å². The number of hydrogen-bond acceptors (Lipinski definition) is 2.